The van der Waals surface area contributed by atoms with Crippen molar-refractivity contribution < 1.29 is 4.74 Å². The minimum absolute atomic E-state index is 0.531. The van der Waals surface area contributed by atoms with Gasteiger partial charge in [0.1, 0.15) is 0 Å². The van der Waals surface area contributed by atoms with Crippen molar-refractivity contribution in [3.63, 3.8) is 0 Å². The van der Waals surface area contributed by atoms with Gasteiger partial charge in [-0.15, -0.1) is 0 Å². The van der Waals surface area contributed by atoms with Gasteiger partial charge in [0.25, 0.3) is 0 Å². The van der Waals surface area contributed by atoms with Gasteiger partial charge in [0.2, 0.25) is 0 Å². The lowest BCUT2D eigenvalue weighted by Gasteiger charge is -2.40. The molecule has 1 aliphatic heterocycles. The van der Waals surface area contributed by atoms with Crippen LogP contribution in [0.5, 0.6) is 0 Å². The first-order valence-electron chi connectivity index (χ1n) is 5.67. The van der Waals surface area contributed by atoms with Gasteiger partial charge in [0, 0.05) is 24.7 Å². The van der Waals surface area contributed by atoms with Crippen molar-refractivity contribution in [3.05, 3.63) is 0 Å². The van der Waals surface area contributed by atoms with Gasteiger partial charge in [-0.3, -0.25) is 4.90 Å². The van der Waals surface area contributed by atoms with Crippen LogP contribution in [0.15, 0.2) is 0 Å². The van der Waals surface area contributed by atoms with Crippen molar-refractivity contribution in [2.75, 3.05) is 27.3 Å². The number of likely N-dealkylation sites (N-methyl/N-ethyl adjacent to an activating group) is 2. The molecular weight excluding hydrogens is 176 g/mol. The predicted octanol–water partition coefficient (Wildman–Crippen LogP) is 1.09. The molecule has 0 aromatic rings. The topological polar surface area (TPSA) is 24.5 Å². The molecule has 0 aliphatic carbocycles. The molecule has 0 aromatic carbocycles. The van der Waals surface area contributed by atoms with E-state index in [1.165, 1.54) is 6.42 Å². The Hall–Kier alpha value is -0.120. The molecule has 1 N–H and O–H groups in total. The minimum Gasteiger partial charge on any atom is -0.380 e. The molecule has 1 aliphatic rings. The summed E-state index contributed by atoms with van der Waals surface area (Å²) < 4.78 is 5.55. The van der Waals surface area contributed by atoms with Gasteiger partial charge < -0.3 is 10.1 Å². The zero-order valence-electron chi connectivity index (χ0n) is 9.92. The summed E-state index contributed by atoms with van der Waals surface area (Å²) in [4.78, 5) is 2.44. The Bertz CT molecular complexity index is 163. The molecular formula is C11H24N2O. The highest BCUT2D eigenvalue weighted by Gasteiger charge is 2.29. The molecule has 0 amide bonds. The smallest absolute Gasteiger partial charge is 0.0637 e. The molecule has 3 unspecified atom stereocenters. The summed E-state index contributed by atoms with van der Waals surface area (Å²) in [7, 11) is 4.26. The molecule has 1 fully saturated rings. The maximum Gasteiger partial charge on any atom is 0.0637 e. The lowest BCUT2D eigenvalue weighted by molar-refractivity contribution is -0.00481. The minimum atomic E-state index is 0.531. The molecule has 3 heteroatoms. The van der Waals surface area contributed by atoms with Crippen LogP contribution in [0.4, 0.5) is 0 Å². The molecule has 84 valence electrons. The van der Waals surface area contributed by atoms with Gasteiger partial charge in [-0.05, 0) is 33.9 Å². The molecule has 0 saturated carbocycles. The van der Waals surface area contributed by atoms with E-state index in [9.17, 15) is 0 Å². The molecule has 0 aromatic heterocycles. The van der Waals surface area contributed by atoms with Gasteiger partial charge in [-0.2, -0.15) is 0 Å². The van der Waals surface area contributed by atoms with Gasteiger partial charge >= 0.3 is 0 Å². The van der Waals surface area contributed by atoms with Gasteiger partial charge in [-0.25, -0.2) is 0 Å². The monoisotopic (exact) mass is 200 g/mol. The van der Waals surface area contributed by atoms with E-state index in [0.717, 1.165) is 19.6 Å². The first-order valence-corrected chi connectivity index (χ1v) is 5.67. The SMILES string of the molecule is CCC(C)N(C)C1COCCC1NC. The second-order valence-corrected chi connectivity index (χ2v) is 4.25. The van der Waals surface area contributed by atoms with Crippen LogP contribution in [-0.2, 0) is 4.74 Å². The number of hydrogen-bond acceptors (Lipinski definition) is 3. The largest absolute Gasteiger partial charge is 0.380 e. The summed E-state index contributed by atoms with van der Waals surface area (Å²) in [5.74, 6) is 0. The van der Waals surface area contributed by atoms with E-state index in [-0.39, 0.29) is 0 Å². The zero-order chi connectivity index (χ0) is 10.6. The molecule has 0 radical (unpaired) electrons. The summed E-state index contributed by atoms with van der Waals surface area (Å²) in [6, 6.07) is 1.75. The van der Waals surface area contributed by atoms with E-state index >= 15 is 0 Å². The standard InChI is InChI=1S/C11H24N2O/c1-5-9(2)13(4)11-8-14-7-6-10(11)12-3/h9-12H,5-8H2,1-4H3. The van der Waals surface area contributed by atoms with E-state index in [1.54, 1.807) is 0 Å². The highest BCUT2D eigenvalue weighted by molar-refractivity contribution is 4.86. The number of rotatable bonds is 4. The van der Waals surface area contributed by atoms with Crippen LogP contribution in [0, 0.1) is 0 Å². The molecule has 3 nitrogen and oxygen atoms in total. The Kier molecular flexibility index (Phi) is 4.85. The molecule has 3 atom stereocenters. The molecule has 14 heavy (non-hydrogen) atoms. The Morgan fingerprint density at radius 3 is 2.86 bits per heavy atom. The third-order valence-corrected chi connectivity index (χ3v) is 3.51. The summed E-state index contributed by atoms with van der Waals surface area (Å²) >= 11 is 0. The maximum absolute atomic E-state index is 5.55. The average Bonchev–Trinajstić information content (AvgIpc) is 2.26. The van der Waals surface area contributed by atoms with Crippen molar-refractivity contribution in [2.45, 2.75) is 44.8 Å². The molecule has 1 rings (SSSR count). The number of nitrogens with zero attached hydrogens (tertiary/aromatic N) is 1. The first-order chi connectivity index (χ1) is 6.70. The van der Waals surface area contributed by atoms with E-state index in [0.29, 0.717) is 18.1 Å². The second kappa shape index (κ2) is 5.69. The highest BCUT2D eigenvalue weighted by Crippen LogP contribution is 2.16. The Morgan fingerprint density at radius 2 is 2.29 bits per heavy atom. The van der Waals surface area contributed by atoms with Crippen LogP contribution in [0.2, 0.25) is 0 Å². The quantitative estimate of drug-likeness (QED) is 0.735. The number of hydrogen-bond donors (Lipinski definition) is 1. The van der Waals surface area contributed by atoms with Crippen molar-refractivity contribution in [2.24, 2.45) is 0 Å². The Labute approximate surface area is 87.8 Å². The third kappa shape index (κ3) is 2.69. The van der Waals surface area contributed by atoms with Gasteiger partial charge in [-0.1, -0.05) is 6.92 Å². The summed E-state index contributed by atoms with van der Waals surface area (Å²) in [6.07, 6.45) is 2.32. The highest BCUT2D eigenvalue weighted by atomic mass is 16.5. The van der Waals surface area contributed by atoms with E-state index < -0.39 is 0 Å². The van der Waals surface area contributed by atoms with Crippen LogP contribution in [0.3, 0.4) is 0 Å². The van der Waals surface area contributed by atoms with E-state index in [4.69, 9.17) is 4.74 Å². The number of ether oxygens (including phenoxy) is 1. The third-order valence-electron chi connectivity index (χ3n) is 3.51. The number of nitrogens with one attached hydrogen (secondary N) is 1. The molecule has 1 heterocycles. The fourth-order valence-corrected chi connectivity index (χ4v) is 2.08. The Balaban J connectivity index is 2.53. The van der Waals surface area contributed by atoms with Gasteiger partial charge in [0.05, 0.1) is 6.61 Å². The first kappa shape index (κ1) is 12.0. The van der Waals surface area contributed by atoms with E-state index in [2.05, 4.69) is 31.1 Å². The lowest BCUT2D eigenvalue weighted by Crippen LogP contribution is -2.55. The fourth-order valence-electron chi connectivity index (χ4n) is 2.08. The summed E-state index contributed by atoms with van der Waals surface area (Å²) in [5, 5.41) is 3.39. The van der Waals surface area contributed by atoms with Crippen LogP contribution < -0.4 is 5.32 Å². The zero-order valence-corrected chi connectivity index (χ0v) is 9.92. The van der Waals surface area contributed by atoms with Crippen molar-refractivity contribution in [1.82, 2.24) is 10.2 Å². The van der Waals surface area contributed by atoms with E-state index in [1.807, 2.05) is 7.05 Å². The molecule has 0 bridgehead atoms. The van der Waals surface area contributed by atoms with Crippen LogP contribution in [0.1, 0.15) is 26.7 Å². The molecule has 0 spiro atoms. The van der Waals surface area contributed by atoms with Gasteiger partial charge in [0.15, 0.2) is 0 Å². The summed E-state index contributed by atoms with van der Waals surface area (Å²) in [5.41, 5.74) is 0. The van der Waals surface area contributed by atoms with Crippen LogP contribution >= 0.6 is 0 Å². The summed E-state index contributed by atoms with van der Waals surface area (Å²) in [6.45, 7) is 6.28. The van der Waals surface area contributed by atoms with Crippen LogP contribution in [-0.4, -0.2) is 50.3 Å². The van der Waals surface area contributed by atoms with Crippen molar-refractivity contribution in [1.29, 1.82) is 0 Å². The molecule has 1 saturated heterocycles. The lowest BCUT2D eigenvalue weighted by atomic mass is 10.0. The maximum atomic E-state index is 5.55. The van der Waals surface area contributed by atoms with Crippen LogP contribution in [0.25, 0.3) is 0 Å². The fraction of sp³-hybridized carbons (Fsp3) is 1.00. The second-order valence-electron chi connectivity index (χ2n) is 4.25. The van der Waals surface area contributed by atoms with Crippen molar-refractivity contribution in [3.8, 4) is 0 Å². The van der Waals surface area contributed by atoms with Crippen molar-refractivity contribution >= 4 is 0 Å². The predicted molar refractivity (Wildman–Crippen MR) is 59.6 cm³/mol. The normalized spacial score (nSPS) is 30.6. The Morgan fingerprint density at radius 1 is 1.57 bits per heavy atom. The average molecular weight is 200 g/mol.